The SMILES string of the molecule is C/C(=N/NC(=O)CSc1nnc(-c2ccc(C)cc2)n1C1CCCCC1)c1ccco1. The number of carbonyl (C=O) groups excluding carboxylic acids is 1. The van der Waals surface area contributed by atoms with Gasteiger partial charge in [-0.3, -0.25) is 9.36 Å². The number of carbonyl (C=O) groups is 1. The normalized spacial score (nSPS) is 15.2. The number of hydrazone groups is 1. The summed E-state index contributed by atoms with van der Waals surface area (Å²) in [6.07, 6.45) is 7.50. The van der Waals surface area contributed by atoms with Crippen LogP contribution >= 0.6 is 11.8 Å². The molecule has 1 saturated carbocycles. The second-order valence-electron chi connectivity index (χ2n) is 7.83. The predicted octanol–water partition coefficient (Wildman–Crippen LogP) is 4.98. The number of hydrogen-bond donors (Lipinski definition) is 1. The van der Waals surface area contributed by atoms with Crippen LogP contribution in [0.3, 0.4) is 0 Å². The first-order valence-electron chi connectivity index (χ1n) is 10.6. The van der Waals surface area contributed by atoms with Crippen molar-refractivity contribution in [2.75, 3.05) is 5.75 Å². The summed E-state index contributed by atoms with van der Waals surface area (Å²) in [7, 11) is 0. The standard InChI is InChI=1S/C23H27N5O2S/c1-16-10-12-18(13-11-16)22-26-27-23(28(22)19-7-4-3-5-8-19)31-15-21(29)25-24-17(2)20-9-6-14-30-20/h6,9-14,19H,3-5,7-8,15H2,1-2H3,(H,25,29)/b24-17-. The maximum Gasteiger partial charge on any atom is 0.250 e. The Morgan fingerprint density at radius 3 is 2.68 bits per heavy atom. The van der Waals surface area contributed by atoms with E-state index in [0.29, 0.717) is 17.5 Å². The lowest BCUT2D eigenvalue weighted by Gasteiger charge is -2.25. The van der Waals surface area contributed by atoms with Gasteiger partial charge in [-0.2, -0.15) is 5.10 Å². The third-order valence-electron chi connectivity index (χ3n) is 5.47. The topological polar surface area (TPSA) is 85.3 Å². The van der Waals surface area contributed by atoms with Crippen LogP contribution in [0.2, 0.25) is 0 Å². The average molecular weight is 438 g/mol. The molecule has 3 aromatic rings. The van der Waals surface area contributed by atoms with Crippen molar-refractivity contribution in [2.24, 2.45) is 5.10 Å². The van der Waals surface area contributed by atoms with Gasteiger partial charge >= 0.3 is 0 Å². The van der Waals surface area contributed by atoms with Gasteiger partial charge in [-0.1, -0.05) is 60.9 Å². The molecule has 0 unspecified atom stereocenters. The minimum Gasteiger partial charge on any atom is -0.463 e. The molecule has 31 heavy (non-hydrogen) atoms. The summed E-state index contributed by atoms with van der Waals surface area (Å²) >= 11 is 1.40. The van der Waals surface area contributed by atoms with Crippen LogP contribution in [0.25, 0.3) is 11.4 Å². The van der Waals surface area contributed by atoms with E-state index in [4.69, 9.17) is 4.42 Å². The molecule has 0 atom stereocenters. The largest absolute Gasteiger partial charge is 0.463 e. The quantitative estimate of drug-likeness (QED) is 0.320. The lowest BCUT2D eigenvalue weighted by molar-refractivity contribution is -0.118. The number of rotatable bonds is 7. The highest BCUT2D eigenvalue weighted by atomic mass is 32.2. The van der Waals surface area contributed by atoms with Gasteiger partial charge in [0.15, 0.2) is 11.0 Å². The summed E-state index contributed by atoms with van der Waals surface area (Å²) in [6, 6.07) is 12.3. The Morgan fingerprint density at radius 2 is 1.97 bits per heavy atom. The van der Waals surface area contributed by atoms with E-state index in [1.807, 2.05) is 0 Å². The fourth-order valence-electron chi connectivity index (χ4n) is 3.79. The van der Waals surface area contributed by atoms with Crippen molar-refractivity contribution in [3.05, 3.63) is 54.0 Å². The molecular formula is C23H27N5O2S. The fraction of sp³-hybridized carbons (Fsp3) is 0.391. The van der Waals surface area contributed by atoms with Crippen molar-refractivity contribution in [1.29, 1.82) is 0 Å². The van der Waals surface area contributed by atoms with Gasteiger partial charge in [0, 0.05) is 11.6 Å². The Morgan fingerprint density at radius 1 is 1.19 bits per heavy atom. The summed E-state index contributed by atoms with van der Waals surface area (Å²) in [5, 5.41) is 13.8. The van der Waals surface area contributed by atoms with Crippen LogP contribution in [-0.2, 0) is 4.79 Å². The van der Waals surface area contributed by atoms with E-state index < -0.39 is 0 Å². The molecule has 1 fully saturated rings. The van der Waals surface area contributed by atoms with Gasteiger partial charge in [0.05, 0.1) is 12.0 Å². The molecule has 1 aliphatic carbocycles. The molecule has 1 N–H and O–H groups in total. The fourth-order valence-corrected chi connectivity index (χ4v) is 4.59. The third-order valence-corrected chi connectivity index (χ3v) is 6.42. The van der Waals surface area contributed by atoms with Crippen molar-refractivity contribution in [1.82, 2.24) is 20.2 Å². The Bertz CT molecular complexity index is 1030. The predicted molar refractivity (Wildman–Crippen MR) is 122 cm³/mol. The molecule has 0 aliphatic heterocycles. The number of aryl methyl sites for hydroxylation is 1. The summed E-state index contributed by atoms with van der Waals surface area (Å²) in [6.45, 7) is 3.87. The lowest BCUT2D eigenvalue weighted by Crippen LogP contribution is -2.22. The molecule has 2 heterocycles. The van der Waals surface area contributed by atoms with Crippen LogP contribution in [0.4, 0.5) is 0 Å². The summed E-state index contributed by atoms with van der Waals surface area (Å²) in [4.78, 5) is 12.4. The van der Waals surface area contributed by atoms with Crippen molar-refractivity contribution < 1.29 is 9.21 Å². The van der Waals surface area contributed by atoms with E-state index in [1.54, 1.807) is 25.3 Å². The summed E-state index contributed by atoms with van der Waals surface area (Å²) in [5.41, 5.74) is 5.48. The number of thioether (sulfide) groups is 1. The molecule has 7 nitrogen and oxygen atoms in total. The minimum atomic E-state index is -0.189. The van der Waals surface area contributed by atoms with Gasteiger partial charge < -0.3 is 4.42 Å². The zero-order valence-corrected chi connectivity index (χ0v) is 18.7. The monoisotopic (exact) mass is 437 g/mol. The number of nitrogens with zero attached hydrogens (tertiary/aromatic N) is 4. The summed E-state index contributed by atoms with van der Waals surface area (Å²) < 4.78 is 7.52. The number of hydrogen-bond acceptors (Lipinski definition) is 6. The molecule has 0 spiro atoms. The van der Waals surface area contributed by atoms with E-state index in [9.17, 15) is 4.79 Å². The Hall–Kier alpha value is -2.87. The van der Waals surface area contributed by atoms with Gasteiger partial charge in [0.1, 0.15) is 11.5 Å². The van der Waals surface area contributed by atoms with Crippen LogP contribution < -0.4 is 5.43 Å². The first kappa shape index (κ1) is 21.4. The van der Waals surface area contributed by atoms with E-state index in [-0.39, 0.29) is 11.7 Å². The highest BCUT2D eigenvalue weighted by Crippen LogP contribution is 2.35. The molecule has 0 radical (unpaired) electrons. The zero-order valence-electron chi connectivity index (χ0n) is 17.9. The molecule has 2 aromatic heterocycles. The first-order valence-corrected chi connectivity index (χ1v) is 11.6. The smallest absolute Gasteiger partial charge is 0.250 e. The first-order chi connectivity index (χ1) is 15.1. The number of nitrogens with one attached hydrogen (secondary N) is 1. The van der Waals surface area contributed by atoms with Crippen LogP contribution in [0.15, 0.2) is 57.3 Å². The average Bonchev–Trinajstić information content (AvgIpc) is 3.47. The van der Waals surface area contributed by atoms with Crippen LogP contribution in [0, 0.1) is 6.92 Å². The van der Waals surface area contributed by atoms with Crippen molar-refractivity contribution in [2.45, 2.75) is 57.1 Å². The summed E-state index contributed by atoms with van der Waals surface area (Å²) in [5.74, 6) is 1.54. The Kier molecular flexibility index (Phi) is 6.86. The van der Waals surface area contributed by atoms with Crippen molar-refractivity contribution in [3.63, 3.8) is 0 Å². The van der Waals surface area contributed by atoms with Crippen LogP contribution in [0.1, 0.15) is 56.4 Å². The van der Waals surface area contributed by atoms with E-state index in [1.165, 1.54) is 36.6 Å². The molecule has 0 bridgehead atoms. The Labute approximate surface area is 186 Å². The third kappa shape index (κ3) is 5.25. The van der Waals surface area contributed by atoms with Crippen LogP contribution in [-0.4, -0.2) is 32.1 Å². The van der Waals surface area contributed by atoms with Gasteiger partial charge in [-0.25, -0.2) is 5.43 Å². The van der Waals surface area contributed by atoms with Crippen molar-refractivity contribution >= 4 is 23.4 Å². The maximum absolute atomic E-state index is 12.4. The molecule has 0 saturated heterocycles. The highest BCUT2D eigenvalue weighted by Gasteiger charge is 2.24. The zero-order chi connectivity index (χ0) is 21.6. The highest BCUT2D eigenvalue weighted by molar-refractivity contribution is 7.99. The van der Waals surface area contributed by atoms with Gasteiger partial charge in [0.2, 0.25) is 0 Å². The van der Waals surface area contributed by atoms with E-state index in [0.717, 1.165) is 29.4 Å². The second kappa shape index (κ2) is 9.96. The number of amides is 1. The number of furan rings is 1. The Balaban J connectivity index is 1.49. The molecule has 1 amide bonds. The number of aromatic nitrogens is 3. The maximum atomic E-state index is 12.4. The molecule has 1 aliphatic rings. The van der Waals surface area contributed by atoms with Gasteiger partial charge in [-0.15, -0.1) is 10.2 Å². The molecule has 162 valence electrons. The van der Waals surface area contributed by atoms with E-state index in [2.05, 4.69) is 56.5 Å². The van der Waals surface area contributed by atoms with Gasteiger partial charge in [0.25, 0.3) is 5.91 Å². The molecule has 4 rings (SSSR count). The molecular weight excluding hydrogens is 410 g/mol. The minimum absolute atomic E-state index is 0.189. The van der Waals surface area contributed by atoms with Crippen LogP contribution in [0.5, 0.6) is 0 Å². The molecule has 1 aromatic carbocycles. The second-order valence-corrected chi connectivity index (χ2v) is 8.77. The molecule has 8 heteroatoms. The lowest BCUT2D eigenvalue weighted by atomic mass is 9.95. The number of benzene rings is 1. The van der Waals surface area contributed by atoms with Crippen molar-refractivity contribution in [3.8, 4) is 11.4 Å². The van der Waals surface area contributed by atoms with E-state index >= 15 is 0 Å². The van der Waals surface area contributed by atoms with Gasteiger partial charge in [-0.05, 0) is 38.8 Å².